The number of hydrogen-bond donors (Lipinski definition) is 1. The van der Waals surface area contributed by atoms with E-state index in [9.17, 15) is 24.6 Å². The zero-order valence-electron chi connectivity index (χ0n) is 7.90. The van der Waals surface area contributed by atoms with Crippen LogP contribution in [0.3, 0.4) is 0 Å². The van der Waals surface area contributed by atoms with Gasteiger partial charge in [-0.25, -0.2) is 4.79 Å². The van der Waals surface area contributed by atoms with E-state index in [1.165, 1.54) is 0 Å². The molecule has 14 heavy (non-hydrogen) atoms. The number of ether oxygens (including phenoxy) is 1. The monoisotopic (exact) mass is 238 g/mol. The van der Waals surface area contributed by atoms with Gasteiger partial charge < -0.3 is 29.6 Å². The van der Waals surface area contributed by atoms with E-state index in [1.54, 1.807) is 0 Å². The molecule has 0 saturated carbocycles. The van der Waals surface area contributed by atoms with E-state index >= 15 is 0 Å². The summed E-state index contributed by atoms with van der Waals surface area (Å²) in [6.45, 7) is 0. The van der Waals surface area contributed by atoms with Crippen LogP contribution in [0.5, 0.6) is 0 Å². The summed E-state index contributed by atoms with van der Waals surface area (Å²) in [6.07, 6.45) is 0. The van der Waals surface area contributed by atoms with Crippen LogP contribution < -0.4 is 91.2 Å². The SMILES string of the molecule is COC(C(=O)[O-])(C(=O)[O-])C(=O)O.[K+].[Na+]. The number of rotatable bonds is 4. The molecule has 0 fully saturated rings. The third-order valence-electron chi connectivity index (χ3n) is 1.18. The van der Waals surface area contributed by atoms with E-state index in [4.69, 9.17) is 5.11 Å². The van der Waals surface area contributed by atoms with Gasteiger partial charge in [-0.1, -0.05) is 0 Å². The molecule has 9 heteroatoms. The normalized spacial score (nSPS) is 9.21. The van der Waals surface area contributed by atoms with Gasteiger partial charge in [0.25, 0.3) is 0 Å². The van der Waals surface area contributed by atoms with Gasteiger partial charge in [-0.15, -0.1) is 0 Å². The Balaban J connectivity index is -0.000000605. The minimum atomic E-state index is -3.43. The van der Waals surface area contributed by atoms with Crippen LogP contribution in [-0.2, 0) is 19.1 Å². The number of hydrogen-bond acceptors (Lipinski definition) is 6. The Labute approximate surface area is 144 Å². The van der Waals surface area contributed by atoms with Crippen molar-refractivity contribution in [3.05, 3.63) is 0 Å². The summed E-state index contributed by atoms with van der Waals surface area (Å²) in [6, 6.07) is 0. The van der Waals surface area contributed by atoms with Crippen molar-refractivity contribution < 1.29 is 115 Å². The van der Waals surface area contributed by atoms with E-state index in [0.717, 1.165) is 0 Å². The number of carbonyl (C=O) groups is 3. The van der Waals surface area contributed by atoms with Crippen LogP contribution in [0.15, 0.2) is 0 Å². The van der Waals surface area contributed by atoms with Crippen molar-refractivity contribution in [1.29, 1.82) is 0 Å². The molecule has 0 aromatic heterocycles. The van der Waals surface area contributed by atoms with Crippen molar-refractivity contribution in [2.45, 2.75) is 5.60 Å². The van der Waals surface area contributed by atoms with Gasteiger partial charge >= 0.3 is 86.9 Å². The molecule has 0 aliphatic rings. The van der Waals surface area contributed by atoms with Crippen molar-refractivity contribution in [2.24, 2.45) is 0 Å². The zero-order chi connectivity index (χ0) is 9.94. The fourth-order valence-electron chi connectivity index (χ4n) is 0.512. The topological polar surface area (TPSA) is 127 Å². The minimum Gasteiger partial charge on any atom is -0.546 e. The van der Waals surface area contributed by atoms with Crippen LogP contribution in [0.25, 0.3) is 0 Å². The number of carboxylic acid groups (broad SMARTS) is 3. The average Bonchev–Trinajstić information content (AvgIpc) is 1.86. The van der Waals surface area contributed by atoms with Gasteiger partial charge in [0, 0.05) is 7.11 Å². The largest absolute Gasteiger partial charge is 1.00 e. The summed E-state index contributed by atoms with van der Waals surface area (Å²) >= 11 is 0. The Morgan fingerprint density at radius 1 is 1.21 bits per heavy atom. The van der Waals surface area contributed by atoms with Crippen LogP contribution in [-0.4, -0.2) is 35.7 Å². The van der Waals surface area contributed by atoms with Crippen LogP contribution in [0.1, 0.15) is 0 Å². The quantitative estimate of drug-likeness (QED) is 0.380. The van der Waals surface area contributed by atoms with E-state index in [-0.39, 0.29) is 80.9 Å². The Kier molecular flexibility index (Phi) is 12.0. The van der Waals surface area contributed by atoms with Crippen LogP contribution >= 0.6 is 0 Å². The molecule has 0 aliphatic heterocycles. The van der Waals surface area contributed by atoms with Gasteiger partial charge in [-0.05, 0) is 0 Å². The molecule has 0 amide bonds. The molecule has 0 unspecified atom stereocenters. The predicted molar refractivity (Wildman–Crippen MR) is 27.4 cm³/mol. The van der Waals surface area contributed by atoms with Gasteiger partial charge in [0.1, 0.15) is 0 Å². The molecule has 0 radical (unpaired) electrons. The van der Waals surface area contributed by atoms with Gasteiger partial charge in [0.2, 0.25) is 5.60 Å². The van der Waals surface area contributed by atoms with Crippen LogP contribution in [0.4, 0.5) is 0 Å². The molecular formula is C5H4KNaO7. The molecule has 0 bridgehead atoms. The van der Waals surface area contributed by atoms with Gasteiger partial charge in [0.15, 0.2) is 0 Å². The average molecular weight is 238 g/mol. The van der Waals surface area contributed by atoms with Crippen LogP contribution in [0, 0.1) is 0 Å². The fourth-order valence-corrected chi connectivity index (χ4v) is 0.512. The van der Waals surface area contributed by atoms with Crippen LogP contribution in [0.2, 0.25) is 0 Å². The molecule has 0 rings (SSSR count). The molecule has 0 aromatic carbocycles. The van der Waals surface area contributed by atoms with Gasteiger partial charge in [-0.2, -0.15) is 0 Å². The first-order valence-electron chi connectivity index (χ1n) is 2.61. The third kappa shape index (κ3) is 3.87. The molecule has 1 N–H and O–H groups in total. The number of methoxy groups -OCH3 is 1. The van der Waals surface area contributed by atoms with E-state index in [0.29, 0.717) is 7.11 Å². The van der Waals surface area contributed by atoms with E-state index < -0.39 is 23.5 Å². The van der Waals surface area contributed by atoms with Crippen molar-refractivity contribution >= 4 is 17.9 Å². The standard InChI is InChI=1S/C5H6O7.K.Na/c1-12-5(2(6)7,3(8)9)4(10)11;;/h1H3,(H,6,7)(H,8,9)(H,10,11);;/q;2*+1/p-2. The molecular weight excluding hydrogens is 234 g/mol. The molecule has 0 heterocycles. The summed E-state index contributed by atoms with van der Waals surface area (Å²) in [5.41, 5.74) is -3.43. The van der Waals surface area contributed by atoms with Crippen molar-refractivity contribution in [3.8, 4) is 0 Å². The molecule has 0 aromatic rings. The maximum atomic E-state index is 10.2. The summed E-state index contributed by atoms with van der Waals surface area (Å²) in [4.78, 5) is 30.4. The second-order valence-corrected chi connectivity index (χ2v) is 1.77. The van der Waals surface area contributed by atoms with Crippen molar-refractivity contribution in [1.82, 2.24) is 0 Å². The Morgan fingerprint density at radius 2 is 1.50 bits per heavy atom. The third-order valence-corrected chi connectivity index (χ3v) is 1.18. The predicted octanol–water partition coefficient (Wildman–Crippen LogP) is -10.0. The van der Waals surface area contributed by atoms with E-state index in [1.807, 2.05) is 0 Å². The zero-order valence-corrected chi connectivity index (χ0v) is 13.0. The Hall–Kier alpha value is 1.01. The maximum Gasteiger partial charge on any atom is 1.00 e. The van der Waals surface area contributed by atoms with E-state index in [2.05, 4.69) is 4.74 Å². The van der Waals surface area contributed by atoms with Gasteiger partial charge in [0.05, 0.1) is 11.9 Å². The molecule has 7 nitrogen and oxygen atoms in total. The summed E-state index contributed by atoms with van der Waals surface area (Å²) in [7, 11) is 0.611. The number of aliphatic carboxylic acids is 3. The van der Waals surface area contributed by atoms with Crippen molar-refractivity contribution in [3.63, 3.8) is 0 Å². The van der Waals surface area contributed by atoms with Crippen molar-refractivity contribution in [2.75, 3.05) is 7.11 Å². The first-order valence-corrected chi connectivity index (χ1v) is 2.61. The molecule has 0 aliphatic carbocycles. The second-order valence-electron chi connectivity index (χ2n) is 1.77. The first kappa shape index (κ1) is 20.4. The molecule has 0 spiro atoms. The fraction of sp³-hybridized carbons (Fsp3) is 0.400. The maximum absolute atomic E-state index is 10.2. The number of carboxylic acids is 3. The Morgan fingerprint density at radius 3 is 1.50 bits per heavy atom. The first-order chi connectivity index (χ1) is 5.39. The smallest absolute Gasteiger partial charge is 0.546 e. The molecule has 68 valence electrons. The Bertz CT molecular complexity index is 204. The van der Waals surface area contributed by atoms with Gasteiger partial charge in [-0.3, -0.25) is 0 Å². The molecule has 0 atom stereocenters. The minimum absolute atomic E-state index is 0. The summed E-state index contributed by atoms with van der Waals surface area (Å²) in [5.74, 6) is -6.99. The number of carbonyl (C=O) groups excluding carboxylic acids is 2. The molecule has 0 saturated heterocycles. The second kappa shape index (κ2) is 8.19. The summed E-state index contributed by atoms with van der Waals surface area (Å²) in [5, 5.41) is 28.4. The summed E-state index contributed by atoms with van der Waals surface area (Å²) < 4.78 is 3.80.